The molecule has 3 rings (SSSR count). The zero-order valence-electron chi connectivity index (χ0n) is 12.5. The molecule has 1 amide bonds. The van der Waals surface area contributed by atoms with Gasteiger partial charge in [-0.2, -0.15) is 0 Å². The SMILES string of the molecule is Cn1cc(CC(=O)NCC2CCOCC2)c2ccccc21. The Bertz CT molecular complexity index is 627. The lowest BCUT2D eigenvalue weighted by Crippen LogP contribution is -2.33. The minimum atomic E-state index is 0.109. The van der Waals surface area contributed by atoms with Gasteiger partial charge < -0.3 is 14.6 Å². The normalized spacial score (nSPS) is 16.2. The van der Waals surface area contributed by atoms with E-state index in [2.05, 4.69) is 28.2 Å². The predicted molar refractivity (Wildman–Crippen MR) is 83.2 cm³/mol. The van der Waals surface area contributed by atoms with Gasteiger partial charge in [0.1, 0.15) is 0 Å². The lowest BCUT2D eigenvalue weighted by Gasteiger charge is -2.22. The topological polar surface area (TPSA) is 43.3 Å². The number of carbonyl (C=O) groups excluding carboxylic acids is 1. The Hall–Kier alpha value is -1.81. The number of nitrogens with zero attached hydrogens (tertiary/aromatic N) is 1. The van der Waals surface area contributed by atoms with Crippen LogP contribution in [0.2, 0.25) is 0 Å². The first-order valence-corrected chi connectivity index (χ1v) is 7.61. The molecule has 0 bridgehead atoms. The summed E-state index contributed by atoms with van der Waals surface area (Å²) in [5.41, 5.74) is 2.27. The molecule has 1 aromatic carbocycles. The Morgan fingerprint density at radius 2 is 2.10 bits per heavy atom. The first kappa shape index (κ1) is 14.1. The highest BCUT2D eigenvalue weighted by atomic mass is 16.5. The number of aromatic nitrogens is 1. The second-order valence-electron chi connectivity index (χ2n) is 5.82. The van der Waals surface area contributed by atoms with Crippen molar-refractivity contribution in [2.24, 2.45) is 13.0 Å². The highest BCUT2D eigenvalue weighted by Crippen LogP contribution is 2.20. The fourth-order valence-electron chi connectivity index (χ4n) is 3.01. The summed E-state index contributed by atoms with van der Waals surface area (Å²) in [6.45, 7) is 2.42. The smallest absolute Gasteiger partial charge is 0.224 e. The molecule has 1 aliphatic heterocycles. The predicted octanol–water partition coefficient (Wildman–Crippen LogP) is 2.26. The third kappa shape index (κ3) is 3.27. The quantitative estimate of drug-likeness (QED) is 0.937. The van der Waals surface area contributed by atoms with Crippen molar-refractivity contribution in [1.29, 1.82) is 0 Å². The molecular weight excluding hydrogens is 264 g/mol. The molecule has 112 valence electrons. The zero-order valence-corrected chi connectivity index (χ0v) is 12.5. The maximum Gasteiger partial charge on any atom is 0.224 e. The molecule has 1 saturated heterocycles. The van der Waals surface area contributed by atoms with E-state index >= 15 is 0 Å². The molecule has 21 heavy (non-hydrogen) atoms. The number of carbonyl (C=O) groups is 1. The molecule has 2 aromatic rings. The van der Waals surface area contributed by atoms with Crippen molar-refractivity contribution >= 4 is 16.8 Å². The first-order chi connectivity index (χ1) is 10.2. The molecule has 0 unspecified atom stereocenters. The standard InChI is InChI=1S/C17H22N2O2/c1-19-12-14(15-4-2-3-5-16(15)19)10-17(20)18-11-13-6-8-21-9-7-13/h2-5,12-13H,6-11H2,1H3,(H,18,20). The number of hydrogen-bond donors (Lipinski definition) is 1. The number of benzene rings is 1. The molecule has 0 spiro atoms. The van der Waals surface area contributed by atoms with E-state index in [1.807, 2.05) is 19.2 Å². The average Bonchev–Trinajstić information content (AvgIpc) is 2.83. The van der Waals surface area contributed by atoms with Gasteiger partial charge in [0.25, 0.3) is 0 Å². The molecular formula is C17H22N2O2. The number of rotatable bonds is 4. The average molecular weight is 286 g/mol. The van der Waals surface area contributed by atoms with E-state index in [1.165, 1.54) is 10.9 Å². The van der Waals surface area contributed by atoms with Crippen LogP contribution >= 0.6 is 0 Å². The van der Waals surface area contributed by atoms with Gasteiger partial charge in [-0.1, -0.05) is 18.2 Å². The van der Waals surface area contributed by atoms with Crippen LogP contribution in [0.4, 0.5) is 0 Å². The van der Waals surface area contributed by atoms with E-state index in [0.717, 1.165) is 38.2 Å². The lowest BCUT2D eigenvalue weighted by atomic mass is 10.0. The zero-order chi connectivity index (χ0) is 14.7. The fourth-order valence-corrected chi connectivity index (χ4v) is 3.01. The molecule has 0 radical (unpaired) electrons. The maximum absolute atomic E-state index is 12.2. The Labute approximate surface area is 125 Å². The third-order valence-corrected chi connectivity index (χ3v) is 4.26. The second-order valence-corrected chi connectivity index (χ2v) is 5.82. The van der Waals surface area contributed by atoms with Gasteiger partial charge in [0.05, 0.1) is 6.42 Å². The Kier molecular flexibility index (Phi) is 4.25. The number of ether oxygens (including phenoxy) is 1. The molecule has 1 aromatic heterocycles. The summed E-state index contributed by atoms with van der Waals surface area (Å²) in [7, 11) is 2.02. The highest BCUT2D eigenvalue weighted by Gasteiger charge is 2.15. The van der Waals surface area contributed by atoms with Gasteiger partial charge >= 0.3 is 0 Å². The highest BCUT2D eigenvalue weighted by molar-refractivity contribution is 5.89. The first-order valence-electron chi connectivity index (χ1n) is 7.61. The van der Waals surface area contributed by atoms with Crippen LogP contribution in [0.1, 0.15) is 18.4 Å². The summed E-state index contributed by atoms with van der Waals surface area (Å²) in [6, 6.07) is 8.21. The minimum absolute atomic E-state index is 0.109. The van der Waals surface area contributed by atoms with Gasteiger partial charge in [-0.15, -0.1) is 0 Å². The van der Waals surface area contributed by atoms with Crippen LogP contribution in [-0.2, 0) is 23.0 Å². The molecule has 0 aliphatic carbocycles. The lowest BCUT2D eigenvalue weighted by molar-refractivity contribution is -0.120. The van der Waals surface area contributed by atoms with Crippen molar-refractivity contribution < 1.29 is 9.53 Å². The van der Waals surface area contributed by atoms with Crippen molar-refractivity contribution in [3.8, 4) is 0 Å². The van der Waals surface area contributed by atoms with Crippen LogP contribution in [0, 0.1) is 5.92 Å². The van der Waals surface area contributed by atoms with Crippen LogP contribution < -0.4 is 5.32 Å². The second kappa shape index (κ2) is 6.31. The van der Waals surface area contributed by atoms with Gasteiger partial charge in [-0.3, -0.25) is 4.79 Å². The summed E-state index contributed by atoms with van der Waals surface area (Å²) < 4.78 is 7.42. The third-order valence-electron chi connectivity index (χ3n) is 4.26. The Balaban J connectivity index is 1.61. The van der Waals surface area contributed by atoms with Crippen molar-refractivity contribution in [3.63, 3.8) is 0 Å². The minimum Gasteiger partial charge on any atom is -0.381 e. The van der Waals surface area contributed by atoms with Crippen LogP contribution in [-0.4, -0.2) is 30.2 Å². The van der Waals surface area contributed by atoms with E-state index in [-0.39, 0.29) is 5.91 Å². The van der Waals surface area contributed by atoms with Crippen molar-refractivity contribution in [1.82, 2.24) is 9.88 Å². The van der Waals surface area contributed by atoms with Crippen LogP contribution in [0.25, 0.3) is 10.9 Å². The molecule has 1 N–H and O–H groups in total. The number of aryl methyl sites for hydroxylation is 1. The molecule has 2 heterocycles. The summed E-state index contributed by atoms with van der Waals surface area (Å²) >= 11 is 0. The van der Waals surface area contributed by atoms with Crippen LogP contribution in [0.3, 0.4) is 0 Å². The number of fused-ring (bicyclic) bond motifs is 1. The summed E-state index contributed by atoms with van der Waals surface area (Å²) in [6.07, 6.45) is 4.60. The van der Waals surface area contributed by atoms with Crippen LogP contribution in [0.5, 0.6) is 0 Å². The monoisotopic (exact) mass is 286 g/mol. The van der Waals surface area contributed by atoms with E-state index in [0.29, 0.717) is 12.3 Å². The van der Waals surface area contributed by atoms with E-state index < -0.39 is 0 Å². The summed E-state index contributed by atoms with van der Waals surface area (Å²) in [4.78, 5) is 12.2. The number of hydrogen-bond acceptors (Lipinski definition) is 2. The van der Waals surface area contributed by atoms with E-state index in [1.54, 1.807) is 0 Å². The van der Waals surface area contributed by atoms with Gasteiger partial charge in [-0.25, -0.2) is 0 Å². The molecule has 1 fully saturated rings. The largest absolute Gasteiger partial charge is 0.381 e. The molecule has 4 heteroatoms. The van der Waals surface area contributed by atoms with E-state index in [9.17, 15) is 4.79 Å². The number of para-hydroxylation sites is 1. The van der Waals surface area contributed by atoms with Gasteiger partial charge in [0, 0.05) is 43.9 Å². The fraction of sp³-hybridized carbons (Fsp3) is 0.471. The number of nitrogens with one attached hydrogen (secondary N) is 1. The van der Waals surface area contributed by atoms with E-state index in [4.69, 9.17) is 4.74 Å². The van der Waals surface area contributed by atoms with Crippen molar-refractivity contribution in [2.75, 3.05) is 19.8 Å². The van der Waals surface area contributed by atoms with Gasteiger partial charge in [-0.05, 0) is 30.4 Å². The van der Waals surface area contributed by atoms with Gasteiger partial charge in [0.15, 0.2) is 0 Å². The molecule has 0 atom stereocenters. The molecule has 0 saturated carbocycles. The molecule has 1 aliphatic rings. The summed E-state index contributed by atoms with van der Waals surface area (Å²) in [5, 5.41) is 4.24. The number of amides is 1. The van der Waals surface area contributed by atoms with Gasteiger partial charge in [0.2, 0.25) is 5.91 Å². The maximum atomic E-state index is 12.2. The van der Waals surface area contributed by atoms with Crippen molar-refractivity contribution in [2.45, 2.75) is 19.3 Å². The van der Waals surface area contributed by atoms with Crippen molar-refractivity contribution in [3.05, 3.63) is 36.0 Å². The summed E-state index contributed by atoms with van der Waals surface area (Å²) in [5.74, 6) is 0.674. The van der Waals surface area contributed by atoms with Crippen LogP contribution in [0.15, 0.2) is 30.5 Å². The Morgan fingerprint density at radius 1 is 1.33 bits per heavy atom. The molecule has 4 nitrogen and oxygen atoms in total. The Morgan fingerprint density at radius 3 is 2.90 bits per heavy atom.